The lowest BCUT2D eigenvalue weighted by molar-refractivity contribution is 0.0460. The number of aliphatic imine (C=N–C) groups is 1. The van der Waals surface area contributed by atoms with Gasteiger partial charge in [0.05, 0.1) is 19.3 Å². The normalized spacial score (nSPS) is 13.1. The molecule has 50 heavy (non-hydrogen) atoms. The summed E-state index contributed by atoms with van der Waals surface area (Å²) in [5.41, 5.74) is 2.10. The van der Waals surface area contributed by atoms with Gasteiger partial charge in [0.25, 0.3) is 0 Å². The maximum Gasteiger partial charge on any atom is 0.144 e. The molecule has 0 bridgehead atoms. The van der Waals surface area contributed by atoms with Crippen molar-refractivity contribution < 1.29 is 24.1 Å². The van der Waals surface area contributed by atoms with Gasteiger partial charge in [-0.2, -0.15) is 0 Å². The fourth-order valence-electron chi connectivity index (χ4n) is 5.94. The molecule has 5 nitrogen and oxygen atoms in total. The van der Waals surface area contributed by atoms with Crippen LogP contribution in [0.25, 0.3) is 0 Å². The Hall–Kier alpha value is -4.16. The van der Waals surface area contributed by atoms with Gasteiger partial charge in [-0.15, -0.1) is 0 Å². The minimum atomic E-state index is -1.80. The van der Waals surface area contributed by atoms with Crippen LogP contribution in [0.15, 0.2) is 89.9 Å². The average molecular weight is 682 g/mol. The number of phenolic OH excluding ortho intramolecular Hbond substituents is 1. The third kappa shape index (κ3) is 9.54. The Labute approximate surface area is 299 Å². The third-order valence-electron chi connectivity index (χ3n) is 9.16. The summed E-state index contributed by atoms with van der Waals surface area (Å²) in [6.45, 7) is 18.1. The van der Waals surface area contributed by atoms with Crippen molar-refractivity contribution in [2.45, 2.75) is 110 Å². The number of unbranched alkanes of at least 4 members (excludes halogenated alkanes) is 2. The summed E-state index contributed by atoms with van der Waals surface area (Å²) >= 11 is 0. The fourth-order valence-corrected chi connectivity index (χ4v) is 5.94. The molecule has 1 unspecified atom stereocenters. The number of ether oxygens (including phenoxy) is 2. The molecule has 1 atom stereocenters. The predicted octanol–water partition coefficient (Wildman–Crippen LogP) is 10.5. The fraction of sp³-hybridized carbons (Fsp3) is 0.432. The largest absolute Gasteiger partial charge is 0.507 e. The highest BCUT2D eigenvalue weighted by atomic mass is 19.1. The number of aromatic hydroxyl groups is 1. The van der Waals surface area contributed by atoms with Crippen LogP contribution in [0.4, 0.5) is 4.39 Å². The van der Waals surface area contributed by atoms with E-state index in [-0.39, 0.29) is 22.1 Å². The molecule has 0 radical (unpaired) electrons. The van der Waals surface area contributed by atoms with Crippen molar-refractivity contribution in [1.82, 2.24) is 0 Å². The summed E-state index contributed by atoms with van der Waals surface area (Å²) in [7, 11) is 0. The summed E-state index contributed by atoms with van der Waals surface area (Å²) in [5, 5.41) is 24.6. The van der Waals surface area contributed by atoms with E-state index < -0.39 is 17.5 Å². The van der Waals surface area contributed by atoms with Crippen LogP contribution < -0.4 is 9.47 Å². The first-order valence-electron chi connectivity index (χ1n) is 18.0. The maximum absolute atomic E-state index is 14.4. The number of aliphatic hydroxyl groups is 1. The molecule has 0 aliphatic carbocycles. The van der Waals surface area contributed by atoms with Crippen LogP contribution in [-0.2, 0) is 22.9 Å². The zero-order chi connectivity index (χ0) is 36.5. The molecule has 0 saturated heterocycles. The Bertz CT molecular complexity index is 1650. The standard InChI is InChI=1S/C44H56FNO4/c1-9-11-24-49-39-22-18-33(42(3,4)5)28-36(39)44(48,37-29-34(43(6,7)8)19-23-40(37)50-25-12-10-2)41(26-31-16-14-13-15-17-31)46-30-32-27-35(45)20-21-38(32)47/h13-23,27-30,41,47-48H,9-12,24-26H2,1-8H3. The van der Waals surface area contributed by atoms with Gasteiger partial charge in [-0.3, -0.25) is 4.99 Å². The molecule has 0 aliphatic heterocycles. The molecular weight excluding hydrogens is 625 g/mol. The van der Waals surface area contributed by atoms with Crippen molar-refractivity contribution in [3.8, 4) is 17.2 Å². The monoisotopic (exact) mass is 681 g/mol. The van der Waals surface area contributed by atoms with Gasteiger partial charge in [0.1, 0.15) is 28.7 Å². The first-order valence-corrected chi connectivity index (χ1v) is 18.0. The van der Waals surface area contributed by atoms with E-state index in [0.717, 1.165) is 42.4 Å². The highest BCUT2D eigenvalue weighted by molar-refractivity contribution is 5.83. The lowest BCUT2D eigenvalue weighted by Crippen LogP contribution is -2.42. The molecular formula is C44H56FNO4. The molecule has 0 saturated carbocycles. The second-order valence-corrected chi connectivity index (χ2v) is 15.3. The summed E-state index contributed by atoms with van der Waals surface area (Å²) in [6.07, 6.45) is 5.42. The van der Waals surface area contributed by atoms with Crippen LogP contribution in [0.1, 0.15) is 114 Å². The molecule has 6 heteroatoms. The van der Waals surface area contributed by atoms with Gasteiger partial charge in [0, 0.05) is 22.9 Å². The van der Waals surface area contributed by atoms with Crippen molar-refractivity contribution in [3.05, 3.63) is 124 Å². The molecule has 0 aromatic heterocycles. The Kier molecular flexibility index (Phi) is 12.9. The van der Waals surface area contributed by atoms with Crippen LogP contribution in [-0.4, -0.2) is 35.7 Å². The first-order chi connectivity index (χ1) is 23.7. The Balaban J connectivity index is 2.14. The number of hydrogen-bond acceptors (Lipinski definition) is 5. The van der Waals surface area contributed by atoms with E-state index >= 15 is 0 Å². The summed E-state index contributed by atoms with van der Waals surface area (Å²) in [4.78, 5) is 5.06. The van der Waals surface area contributed by atoms with Crippen molar-refractivity contribution in [2.75, 3.05) is 13.2 Å². The molecule has 4 aromatic rings. The van der Waals surface area contributed by atoms with Gasteiger partial charge in [-0.25, -0.2) is 4.39 Å². The van der Waals surface area contributed by atoms with Crippen LogP contribution in [0.5, 0.6) is 17.2 Å². The molecule has 268 valence electrons. The number of halogens is 1. The molecule has 0 heterocycles. The smallest absolute Gasteiger partial charge is 0.144 e. The number of phenols is 1. The van der Waals surface area contributed by atoms with Gasteiger partial charge >= 0.3 is 0 Å². The third-order valence-corrected chi connectivity index (χ3v) is 9.16. The van der Waals surface area contributed by atoms with E-state index in [1.807, 2.05) is 54.6 Å². The molecule has 4 rings (SSSR count). The SMILES string of the molecule is CCCCOc1ccc(C(C)(C)C)cc1C(O)(c1cc(C(C)(C)C)ccc1OCCCC)C(Cc1ccccc1)N=Cc1cc(F)ccc1O. The van der Waals surface area contributed by atoms with Gasteiger partial charge in [0.15, 0.2) is 0 Å². The molecule has 0 spiro atoms. The van der Waals surface area contributed by atoms with Crippen LogP contribution in [0, 0.1) is 5.82 Å². The predicted molar refractivity (Wildman–Crippen MR) is 204 cm³/mol. The van der Waals surface area contributed by atoms with Crippen LogP contribution >= 0.6 is 0 Å². The van der Waals surface area contributed by atoms with E-state index in [1.165, 1.54) is 24.4 Å². The second-order valence-electron chi connectivity index (χ2n) is 15.3. The number of rotatable bonds is 15. The molecule has 0 amide bonds. The Morgan fingerprint density at radius 1 is 0.720 bits per heavy atom. The summed E-state index contributed by atoms with van der Waals surface area (Å²) < 4.78 is 27.4. The topological polar surface area (TPSA) is 71.3 Å². The molecule has 4 aromatic carbocycles. The average Bonchev–Trinajstić information content (AvgIpc) is 3.07. The minimum absolute atomic E-state index is 0.103. The van der Waals surface area contributed by atoms with E-state index in [2.05, 4.69) is 67.5 Å². The van der Waals surface area contributed by atoms with Crippen molar-refractivity contribution in [1.29, 1.82) is 0 Å². The van der Waals surface area contributed by atoms with E-state index in [4.69, 9.17) is 14.5 Å². The Morgan fingerprint density at radius 2 is 1.24 bits per heavy atom. The van der Waals surface area contributed by atoms with E-state index in [1.54, 1.807) is 0 Å². The lowest BCUT2D eigenvalue weighted by atomic mass is 9.73. The van der Waals surface area contributed by atoms with Gasteiger partial charge < -0.3 is 19.7 Å². The lowest BCUT2D eigenvalue weighted by Gasteiger charge is -2.39. The van der Waals surface area contributed by atoms with Gasteiger partial charge in [0.2, 0.25) is 0 Å². The van der Waals surface area contributed by atoms with Gasteiger partial charge in [-0.05, 0) is 89.2 Å². The van der Waals surface area contributed by atoms with Crippen molar-refractivity contribution in [2.24, 2.45) is 4.99 Å². The van der Waals surface area contributed by atoms with E-state index in [0.29, 0.717) is 42.3 Å². The number of hydrogen-bond donors (Lipinski definition) is 2. The zero-order valence-electron chi connectivity index (χ0n) is 31.2. The van der Waals surface area contributed by atoms with E-state index in [9.17, 15) is 14.6 Å². The van der Waals surface area contributed by atoms with Crippen molar-refractivity contribution in [3.63, 3.8) is 0 Å². The quantitative estimate of drug-likeness (QED) is 0.0968. The number of nitrogens with zero attached hydrogens (tertiary/aromatic N) is 1. The summed E-state index contributed by atoms with van der Waals surface area (Å²) in [5.74, 6) is 0.537. The molecule has 0 fully saturated rings. The van der Waals surface area contributed by atoms with Crippen LogP contribution in [0.2, 0.25) is 0 Å². The highest BCUT2D eigenvalue weighted by Crippen LogP contribution is 2.47. The zero-order valence-corrected chi connectivity index (χ0v) is 31.2. The number of benzene rings is 4. The maximum atomic E-state index is 14.4. The first kappa shape index (κ1) is 38.6. The highest BCUT2D eigenvalue weighted by Gasteiger charge is 2.45. The van der Waals surface area contributed by atoms with Gasteiger partial charge in [-0.1, -0.05) is 111 Å². The van der Waals surface area contributed by atoms with Crippen molar-refractivity contribution >= 4 is 6.21 Å². The van der Waals surface area contributed by atoms with Crippen LogP contribution in [0.3, 0.4) is 0 Å². The Morgan fingerprint density at radius 3 is 1.72 bits per heavy atom. The molecule has 2 N–H and O–H groups in total. The summed E-state index contributed by atoms with van der Waals surface area (Å²) in [6, 6.07) is 25.0. The minimum Gasteiger partial charge on any atom is -0.507 e. The second kappa shape index (κ2) is 16.7. The molecule has 0 aliphatic rings.